The predicted octanol–water partition coefficient (Wildman–Crippen LogP) is 2.71. The average molecular weight is 207 g/mol. The molecule has 1 aromatic rings. The summed E-state index contributed by atoms with van der Waals surface area (Å²) in [5.74, 6) is 0.743. The minimum atomic E-state index is 0.0475. The highest BCUT2D eigenvalue weighted by Gasteiger charge is 2.17. The first-order valence-electron chi connectivity index (χ1n) is 5.22. The Morgan fingerprint density at radius 2 is 2.33 bits per heavy atom. The molecule has 1 rings (SSSR count). The molecule has 0 saturated heterocycles. The number of carbonyl (C=O) groups is 1. The summed E-state index contributed by atoms with van der Waals surface area (Å²) in [6.45, 7) is 4.03. The first-order valence-corrected chi connectivity index (χ1v) is 5.22. The molecule has 0 bridgehead atoms. The third kappa shape index (κ3) is 2.78. The molecule has 3 heteroatoms. The number of pyridine rings is 1. The Balaban J connectivity index is 2.90. The molecule has 0 aliphatic carbocycles. The van der Waals surface area contributed by atoms with Crippen LogP contribution in [0.4, 0.5) is 0 Å². The average Bonchev–Trinajstić information content (AvgIpc) is 2.28. The summed E-state index contributed by atoms with van der Waals surface area (Å²) < 4.78 is 5.11. The smallest absolute Gasteiger partial charge is 0.169 e. The van der Waals surface area contributed by atoms with Crippen molar-refractivity contribution in [3.63, 3.8) is 0 Å². The van der Waals surface area contributed by atoms with Crippen molar-refractivity contribution < 1.29 is 9.53 Å². The lowest BCUT2D eigenvalue weighted by molar-refractivity contribution is 0.0920. The highest BCUT2D eigenvalue weighted by atomic mass is 16.5. The van der Waals surface area contributed by atoms with Crippen molar-refractivity contribution in [1.82, 2.24) is 4.98 Å². The van der Waals surface area contributed by atoms with Gasteiger partial charge in [0.15, 0.2) is 5.78 Å². The molecule has 0 spiro atoms. The molecule has 1 aromatic heterocycles. The Hall–Kier alpha value is -1.38. The van der Waals surface area contributed by atoms with E-state index in [0.29, 0.717) is 11.3 Å². The quantitative estimate of drug-likeness (QED) is 0.697. The highest BCUT2D eigenvalue weighted by Crippen LogP contribution is 2.21. The molecular formula is C12H17NO2. The molecule has 0 saturated carbocycles. The van der Waals surface area contributed by atoms with E-state index in [0.717, 1.165) is 12.8 Å². The van der Waals surface area contributed by atoms with E-state index in [4.69, 9.17) is 4.74 Å². The minimum Gasteiger partial charge on any atom is -0.494 e. The number of ketones is 1. The summed E-state index contributed by atoms with van der Waals surface area (Å²) >= 11 is 0. The number of aromatic nitrogens is 1. The molecule has 0 aliphatic rings. The van der Waals surface area contributed by atoms with Gasteiger partial charge in [-0.15, -0.1) is 0 Å². The van der Waals surface area contributed by atoms with Crippen molar-refractivity contribution in [2.75, 3.05) is 7.11 Å². The van der Waals surface area contributed by atoms with Gasteiger partial charge in [-0.25, -0.2) is 0 Å². The molecule has 0 fully saturated rings. The first kappa shape index (κ1) is 11.7. The Labute approximate surface area is 90.5 Å². The van der Waals surface area contributed by atoms with Gasteiger partial charge in [0.1, 0.15) is 5.75 Å². The number of methoxy groups -OCH3 is 1. The van der Waals surface area contributed by atoms with Crippen molar-refractivity contribution in [2.45, 2.75) is 26.7 Å². The molecule has 1 heterocycles. The maximum Gasteiger partial charge on any atom is 0.169 e. The Bertz CT molecular complexity index is 336. The zero-order valence-corrected chi connectivity index (χ0v) is 9.49. The number of carbonyl (C=O) groups excluding carboxylic acids is 1. The fourth-order valence-electron chi connectivity index (χ4n) is 1.58. The van der Waals surface area contributed by atoms with Crippen LogP contribution in [0.15, 0.2) is 18.5 Å². The fraction of sp³-hybridized carbons (Fsp3) is 0.500. The van der Waals surface area contributed by atoms with Crippen molar-refractivity contribution in [1.29, 1.82) is 0 Å². The molecule has 0 aliphatic heterocycles. The van der Waals surface area contributed by atoms with Crippen LogP contribution in [0.1, 0.15) is 37.0 Å². The molecular weight excluding hydrogens is 190 g/mol. The summed E-state index contributed by atoms with van der Waals surface area (Å²) in [7, 11) is 1.55. The van der Waals surface area contributed by atoms with Crippen LogP contribution >= 0.6 is 0 Å². The molecule has 3 nitrogen and oxygen atoms in total. The number of ether oxygens (including phenoxy) is 1. The highest BCUT2D eigenvalue weighted by molar-refractivity contribution is 5.99. The van der Waals surface area contributed by atoms with Gasteiger partial charge in [0, 0.05) is 12.1 Å². The van der Waals surface area contributed by atoms with Gasteiger partial charge in [0.05, 0.1) is 18.9 Å². The van der Waals surface area contributed by atoms with Crippen molar-refractivity contribution in [3.8, 4) is 5.75 Å². The van der Waals surface area contributed by atoms with E-state index in [1.807, 2.05) is 6.92 Å². The van der Waals surface area contributed by atoms with Crippen LogP contribution in [-0.4, -0.2) is 17.9 Å². The minimum absolute atomic E-state index is 0.0475. The number of hydrogen-bond acceptors (Lipinski definition) is 3. The van der Waals surface area contributed by atoms with E-state index in [9.17, 15) is 4.79 Å². The molecule has 1 unspecified atom stereocenters. The number of hydrogen-bond donors (Lipinski definition) is 0. The predicted molar refractivity (Wildman–Crippen MR) is 59.2 cm³/mol. The van der Waals surface area contributed by atoms with Crippen LogP contribution in [0.5, 0.6) is 5.75 Å². The summed E-state index contributed by atoms with van der Waals surface area (Å²) in [6.07, 6.45) is 5.12. The molecule has 15 heavy (non-hydrogen) atoms. The lowest BCUT2D eigenvalue weighted by atomic mass is 9.95. The maximum atomic E-state index is 12.0. The van der Waals surface area contributed by atoms with Crippen molar-refractivity contribution in [2.24, 2.45) is 5.92 Å². The number of nitrogens with zero attached hydrogens (tertiary/aromatic N) is 1. The second kappa shape index (κ2) is 5.49. The van der Waals surface area contributed by atoms with Crippen LogP contribution in [0.25, 0.3) is 0 Å². The summed E-state index contributed by atoms with van der Waals surface area (Å²) in [4.78, 5) is 15.9. The van der Waals surface area contributed by atoms with E-state index < -0.39 is 0 Å². The molecule has 0 radical (unpaired) electrons. The fourth-order valence-corrected chi connectivity index (χ4v) is 1.58. The van der Waals surface area contributed by atoms with E-state index in [1.54, 1.807) is 25.6 Å². The van der Waals surface area contributed by atoms with Crippen LogP contribution in [0.3, 0.4) is 0 Å². The van der Waals surface area contributed by atoms with Crippen LogP contribution in [0.2, 0.25) is 0 Å². The van der Waals surface area contributed by atoms with Gasteiger partial charge in [-0.3, -0.25) is 9.78 Å². The van der Waals surface area contributed by atoms with E-state index in [-0.39, 0.29) is 11.7 Å². The largest absolute Gasteiger partial charge is 0.494 e. The zero-order chi connectivity index (χ0) is 11.3. The van der Waals surface area contributed by atoms with Gasteiger partial charge in [0.2, 0.25) is 0 Å². The van der Waals surface area contributed by atoms with Gasteiger partial charge >= 0.3 is 0 Å². The van der Waals surface area contributed by atoms with Crippen molar-refractivity contribution >= 4 is 5.78 Å². The second-order valence-corrected chi connectivity index (χ2v) is 3.63. The first-order chi connectivity index (χ1) is 7.20. The maximum absolute atomic E-state index is 12.0. The molecule has 0 amide bonds. The van der Waals surface area contributed by atoms with Gasteiger partial charge in [-0.2, -0.15) is 0 Å². The standard InChI is InChI=1S/C12H17NO2/c1-4-5-9(2)12(14)10-6-7-13-8-11(10)15-3/h6-9H,4-5H2,1-3H3. The van der Waals surface area contributed by atoms with Gasteiger partial charge in [-0.05, 0) is 12.5 Å². The van der Waals surface area contributed by atoms with E-state index in [1.165, 1.54) is 0 Å². The summed E-state index contributed by atoms with van der Waals surface area (Å²) in [5.41, 5.74) is 0.633. The van der Waals surface area contributed by atoms with Gasteiger partial charge in [0.25, 0.3) is 0 Å². The Kier molecular flexibility index (Phi) is 4.28. The molecule has 82 valence electrons. The lowest BCUT2D eigenvalue weighted by Crippen LogP contribution is -2.12. The zero-order valence-electron chi connectivity index (χ0n) is 9.49. The SMILES string of the molecule is CCCC(C)C(=O)c1ccncc1OC. The Morgan fingerprint density at radius 1 is 1.60 bits per heavy atom. The van der Waals surface area contributed by atoms with E-state index >= 15 is 0 Å². The third-order valence-corrected chi connectivity index (χ3v) is 2.44. The Morgan fingerprint density at radius 3 is 2.93 bits per heavy atom. The lowest BCUT2D eigenvalue weighted by Gasteiger charge is -2.11. The molecule has 1 atom stereocenters. The van der Waals surface area contributed by atoms with Crippen LogP contribution in [-0.2, 0) is 0 Å². The summed E-state index contributed by atoms with van der Waals surface area (Å²) in [6, 6.07) is 1.72. The number of rotatable bonds is 5. The number of Topliss-reactive ketones (excluding diaryl/α,β-unsaturated/α-hetero) is 1. The van der Waals surface area contributed by atoms with Crippen LogP contribution in [0, 0.1) is 5.92 Å². The van der Waals surface area contributed by atoms with Gasteiger partial charge in [-0.1, -0.05) is 20.3 Å². The monoisotopic (exact) mass is 207 g/mol. The second-order valence-electron chi connectivity index (χ2n) is 3.63. The molecule has 0 aromatic carbocycles. The third-order valence-electron chi connectivity index (χ3n) is 2.44. The van der Waals surface area contributed by atoms with Crippen LogP contribution < -0.4 is 4.74 Å². The van der Waals surface area contributed by atoms with Crippen molar-refractivity contribution in [3.05, 3.63) is 24.0 Å². The topological polar surface area (TPSA) is 39.2 Å². The van der Waals surface area contributed by atoms with Gasteiger partial charge < -0.3 is 4.74 Å². The van der Waals surface area contributed by atoms with E-state index in [2.05, 4.69) is 11.9 Å². The molecule has 0 N–H and O–H groups in total. The summed E-state index contributed by atoms with van der Waals surface area (Å²) in [5, 5.41) is 0. The normalized spacial score (nSPS) is 12.2.